The second-order valence-electron chi connectivity index (χ2n) is 2.26. The Bertz CT molecular complexity index is 92.4. The average Bonchev–Trinajstić information content (AvgIpc) is 1.86. The zero-order valence-corrected chi connectivity index (χ0v) is 5.47. The van der Waals surface area contributed by atoms with Crippen molar-refractivity contribution < 1.29 is 8.78 Å². The highest BCUT2D eigenvalue weighted by molar-refractivity contribution is 7.99. The Labute approximate surface area is 51.6 Å². The molecule has 3 heteroatoms. The van der Waals surface area contributed by atoms with Crippen LogP contribution in [0.1, 0.15) is 6.92 Å². The number of alkyl halides is 2. The maximum Gasteiger partial charge on any atom is 0.149 e. The van der Waals surface area contributed by atoms with Gasteiger partial charge in [0.15, 0.2) is 0 Å². The molecule has 0 radical (unpaired) electrons. The first kappa shape index (κ1) is 6.33. The normalized spacial score (nSPS) is 47.6. The molecule has 0 spiro atoms. The molecule has 1 rings (SSSR count). The summed E-state index contributed by atoms with van der Waals surface area (Å²) in [5, 5.41) is 0. The Morgan fingerprint density at radius 3 is 2.50 bits per heavy atom. The van der Waals surface area contributed by atoms with Gasteiger partial charge in [-0.2, -0.15) is 11.8 Å². The van der Waals surface area contributed by atoms with Crippen LogP contribution in [-0.4, -0.2) is 23.3 Å². The summed E-state index contributed by atoms with van der Waals surface area (Å²) in [5.41, 5.74) is -1.55. The topological polar surface area (TPSA) is 0 Å². The quantitative estimate of drug-likeness (QED) is 0.492. The molecule has 1 aliphatic rings. The fourth-order valence-corrected chi connectivity index (χ4v) is 1.88. The number of hydrogen-bond acceptors (Lipinski definition) is 1. The molecule has 2 unspecified atom stereocenters. The molecule has 0 aromatic heterocycles. The van der Waals surface area contributed by atoms with Crippen molar-refractivity contribution in [2.75, 3.05) is 11.5 Å². The van der Waals surface area contributed by atoms with Crippen molar-refractivity contribution in [3.8, 4) is 0 Å². The Hall–Kier alpha value is 0.210. The van der Waals surface area contributed by atoms with Crippen molar-refractivity contribution in [2.45, 2.75) is 18.8 Å². The van der Waals surface area contributed by atoms with Gasteiger partial charge in [0.05, 0.1) is 0 Å². The SMILES string of the molecule is CC1(F)CSCC1F. The largest absolute Gasteiger partial charge is 0.243 e. The van der Waals surface area contributed by atoms with E-state index in [4.69, 9.17) is 0 Å². The van der Waals surface area contributed by atoms with Gasteiger partial charge in [-0.25, -0.2) is 8.78 Å². The Morgan fingerprint density at radius 2 is 2.38 bits per heavy atom. The molecule has 48 valence electrons. The van der Waals surface area contributed by atoms with E-state index in [1.807, 2.05) is 0 Å². The molecule has 1 fully saturated rings. The molecule has 0 nitrogen and oxygen atoms in total. The molecule has 0 bridgehead atoms. The molecule has 8 heavy (non-hydrogen) atoms. The molecular weight excluding hydrogens is 130 g/mol. The molecule has 0 saturated carbocycles. The Kier molecular flexibility index (Phi) is 1.48. The summed E-state index contributed by atoms with van der Waals surface area (Å²) in [7, 11) is 0. The molecular formula is C5H8F2S. The average molecular weight is 138 g/mol. The third-order valence-electron chi connectivity index (χ3n) is 1.30. The summed E-state index contributed by atoms with van der Waals surface area (Å²) >= 11 is 1.34. The minimum atomic E-state index is -1.55. The highest BCUT2D eigenvalue weighted by Crippen LogP contribution is 2.33. The van der Waals surface area contributed by atoms with Gasteiger partial charge in [0.25, 0.3) is 0 Å². The lowest BCUT2D eigenvalue weighted by molar-refractivity contribution is 0.115. The van der Waals surface area contributed by atoms with E-state index >= 15 is 0 Å². The van der Waals surface area contributed by atoms with Crippen LogP contribution in [0.4, 0.5) is 8.78 Å². The molecule has 2 atom stereocenters. The van der Waals surface area contributed by atoms with E-state index in [1.54, 1.807) is 0 Å². The van der Waals surface area contributed by atoms with E-state index in [9.17, 15) is 8.78 Å². The van der Waals surface area contributed by atoms with Gasteiger partial charge in [0.1, 0.15) is 11.8 Å². The van der Waals surface area contributed by atoms with E-state index in [1.165, 1.54) is 18.7 Å². The first-order valence-corrected chi connectivity index (χ1v) is 3.69. The molecule has 0 aromatic carbocycles. The number of halogens is 2. The lowest BCUT2D eigenvalue weighted by atomic mass is 10.1. The van der Waals surface area contributed by atoms with Crippen molar-refractivity contribution >= 4 is 11.8 Å². The van der Waals surface area contributed by atoms with Crippen LogP contribution in [0.2, 0.25) is 0 Å². The van der Waals surface area contributed by atoms with Gasteiger partial charge in [-0.3, -0.25) is 0 Å². The number of rotatable bonds is 0. The molecule has 0 N–H and O–H groups in total. The standard InChI is InChI=1S/C5H8F2S/c1-5(7)3-8-2-4(5)6/h4H,2-3H2,1H3. The van der Waals surface area contributed by atoms with Gasteiger partial charge < -0.3 is 0 Å². The lowest BCUT2D eigenvalue weighted by Crippen LogP contribution is -2.28. The third-order valence-corrected chi connectivity index (χ3v) is 2.60. The monoisotopic (exact) mass is 138 g/mol. The first-order chi connectivity index (χ1) is 3.63. The van der Waals surface area contributed by atoms with Crippen molar-refractivity contribution in [1.29, 1.82) is 0 Å². The molecule has 1 heterocycles. The van der Waals surface area contributed by atoms with Crippen LogP contribution in [0, 0.1) is 0 Å². The molecule has 0 aromatic rings. The summed E-state index contributed by atoms with van der Waals surface area (Å²) in [5.74, 6) is 0.640. The van der Waals surface area contributed by atoms with Crippen LogP contribution in [-0.2, 0) is 0 Å². The highest BCUT2D eigenvalue weighted by Gasteiger charge is 2.39. The Balaban J connectivity index is 2.54. The van der Waals surface area contributed by atoms with E-state index in [2.05, 4.69) is 0 Å². The second-order valence-corrected chi connectivity index (χ2v) is 3.29. The molecule has 1 saturated heterocycles. The minimum Gasteiger partial charge on any atom is -0.243 e. The smallest absolute Gasteiger partial charge is 0.149 e. The summed E-state index contributed by atoms with van der Waals surface area (Å²) < 4.78 is 24.9. The van der Waals surface area contributed by atoms with Crippen LogP contribution >= 0.6 is 11.8 Å². The van der Waals surface area contributed by atoms with Gasteiger partial charge in [-0.05, 0) is 6.92 Å². The van der Waals surface area contributed by atoms with Gasteiger partial charge in [-0.1, -0.05) is 0 Å². The fourth-order valence-electron chi connectivity index (χ4n) is 0.626. The van der Waals surface area contributed by atoms with Crippen LogP contribution in [0.15, 0.2) is 0 Å². The van der Waals surface area contributed by atoms with Crippen LogP contribution in [0.25, 0.3) is 0 Å². The molecule has 1 aliphatic heterocycles. The Morgan fingerprint density at radius 1 is 1.75 bits per heavy atom. The van der Waals surface area contributed by atoms with Crippen molar-refractivity contribution in [3.05, 3.63) is 0 Å². The highest BCUT2D eigenvalue weighted by atomic mass is 32.2. The summed E-state index contributed by atoms with van der Waals surface area (Å²) in [4.78, 5) is 0. The minimum absolute atomic E-state index is 0.314. The zero-order chi connectivity index (χ0) is 6.20. The van der Waals surface area contributed by atoms with Crippen LogP contribution in [0.3, 0.4) is 0 Å². The molecule has 0 amide bonds. The van der Waals surface area contributed by atoms with Gasteiger partial charge in [0, 0.05) is 11.5 Å². The van der Waals surface area contributed by atoms with Crippen molar-refractivity contribution in [2.24, 2.45) is 0 Å². The maximum absolute atomic E-state index is 12.6. The predicted molar refractivity (Wildman–Crippen MR) is 31.7 cm³/mol. The second kappa shape index (κ2) is 1.87. The van der Waals surface area contributed by atoms with Crippen molar-refractivity contribution in [3.63, 3.8) is 0 Å². The third kappa shape index (κ3) is 0.966. The summed E-state index contributed by atoms with van der Waals surface area (Å²) in [6.45, 7) is 1.32. The number of hydrogen-bond donors (Lipinski definition) is 0. The summed E-state index contributed by atoms with van der Waals surface area (Å²) in [6, 6.07) is 0. The maximum atomic E-state index is 12.6. The van der Waals surface area contributed by atoms with Crippen LogP contribution in [0.5, 0.6) is 0 Å². The van der Waals surface area contributed by atoms with Gasteiger partial charge in [0.2, 0.25) is 0 Å². The van der Waals surface area contributed by atoms with E-state index in [0.29, 0.717) is 11.5 Å². The first-order valence-electron chi connectivity index (χ1n) is 2.54. The van der Waals surface area contributed by atoms with E-state index < -0.39 is 11.8 Å². The van der Waals surface area contributed by atoms with E-state index in [0.717, 1.165) is 0 Å². The van der Waals surface area contributed by atoms with Crippen LogP contribution < -0.4 is 0 Å². The predicted octanol–water partition coefficient (Wildman–Crippen LogP) is 1.80. The van der Waals surface area contributed by atoms with Crippen molar-refractivity contribution in [1.82, 2.24) is 0 Å². The zero-order valence-electron chi connectivity index (χ0n) is 4.66. The van der Waals surface area contributed by atoms with Gasteiger partial charge >= 0.3 is 0 Å². The summed E-state index contributed by atoms with van der Waals surface area (Å²) in [6.07, 6.45) is -1.24. The number of thioether (sulfide) groups is 1. The van der Waals surface area contributed by atoms with Gasteiger partial charge in [-0.15, -0.1) is 0 Å². The fraction of sp³-hybridized carbons (Fsp3) is 1.00. The lowest BCUT2D eigenvalue weighted by Gasteiger charge is -2.12. The van der Waals surface area contributed by atoms with E-state index in [-0.39, 0.29) is 0 Å². The molecule has 0 aliphatic carbocycles.